The monoisotopic (exact) mass is 560 g/mol. The molecule has 1 saturated heterocycles. The molecule has 1 atom stereocenters. The molecule has 39 heavy (non-hydrogen) atoms. The van der Waals surface area contributed by atoms with Crippen molar-refractivity contribution in [1.82, 2.24) is 14.8 Å². The first-order chi connectivity index (χ1) is 18.7. The Bertz CT molecular complexity index is 1470. The Morgan fingerprint density at radius 2 is 2.03 bits per heavy atom. The lowest BCUT2D eigenvalue weighted by atomic mass is 10.1. The molecule has 0 radical (unpaired) electrons. The third kappa shape index (κ3) is 6.37. The van der Waals surface area contributed by atoms with Crippen LogP contribution >= 0.6 is 11.3 Å². The van der Waals surface area contributed by atoms with Crippen molar-refractivity contribution in [3.05, 3.63) is 77.3 Å². The Labute approximate surface area is 225 Å². The predicted octanol–water partition coefficient (Wildman–Crippen LogP) is 5.27. The van der Waals surface area contributed by atoms with E-state index in [-0.39, 0.29) is 24.0 Å². The van der Waals surface area contributed by atoms with E-state index in [2.05, 4.69) is 20.1 Å². The molecule has 2 aromatic carbocycles. The lowest BCUT2D eigenvalue weighted by Gasteiger charge is -2.34. The lowest BCUT2D eigenvalue weighted by molar-refractivity contribution is -0.274. The summed E-state index contributed by atoms with van der Waals surface area (Å²) in [4.78, 5) is 19.2. The second kappa shape index (κ2) is 11.0. The number of amides is 1. The number of piperidine rings is 1. The molecule has 8 nitrogen and oxygen atoms in total. The number of halogens is 4. The normalized spacial score (nSPS) is 15.8. The number of ether oxygens (including phenoxy) is 1. The van der Waals surface area contributed by atoms with Crippen LogP contribution < -0.4 is 20.7 Å². The van der Waals surface area contributed by atoms with Crippen molar-refractivity contribution in [2.75, 3.05) is 23.3 Å². The molecule has 0 unspecified atom stereocenters. The maximum Gasteiger partial charge on any atom is 0.573 e. The van der Waals surface area contributed by atoms with Gasteiger partial charge in [-0.15, -0.1) is 24.5 Å². The van der Waals surface area contributed by atoms with Gasteiger partial charge >= 0.3 is 6.36 Å². The number of nitrogens with zero attached hydrogens (tertiary/aromatic N) is 4. The Kier molecular flexibility index (Phi) is 7.53. The van der Waals surface area contributed by atoms with Crippen LogP contribution in [0.25, 0.3) is 10.6 Å². The van der Waals surface area contributed by atoms with Crippen molar-refractivity contribution in [3.63, 3.8) is 0 Å². The first-order valence-corrected chi connectivity index (χ1v) is 13.0. The van der Waals surface area contributed by atoms with Crippen LogP contribution in [0.2, 0.25) is 0 Å². The van der Waals surface area contributed by atoms with Crippen LogP contribution in [0.1, 0.15) is 28.9 Å². The highest BCUT2D eigenvalue weighted by Crippen LogP contribution is 2.32. The summed E-state index contributed by atoms with van der Waals surface area (Å²) in [6, 6.07) is 10.3. The number of carbonyl (C=O) groups is 1. The van der Waals surface area contributed by atoms with Gasteiger partial charge < -0.3 is 20.7 Å². The van der Waals surface area contributed by atoms with Crippen molar-refractivity contribution in [3.8, 4) is 16.3 Å². The fourth-order valence-corrected chi connectivity index (χ4v) is 5.22. The molecular formula is C26H24F4N6O2S. The first-order valence-electron chi connectivity index (χ1n) is 12.1. The quantitative estimate of drug-likeness (QED) is 0.299. The van der Waals surface area contributed by atoms with E-state index in [1.54, 1.807) is 23.7 Å². The number of nitrogens with one attached hydrogen (secondary N) is 1. The van der Waals surface area contributed by atoms with Gasteiger partial charge in [0.1, 0.15) is 22.3 Å². The van der Waals surface area contributed by atoms with Crippen LogP contribution in [0.15, 0.2) is 60.2 Å². The van der Waals surface area contributed by atoms with Crippen molar-refractivity contribution in [2.24, 2.45) is 5.73 Å². The van der Waals surface area contributed by atoms with E-state index in [1.165, 1.54) is 52.5 Å². The van der Waals surface area contributed by atoms with E-state index in [0.717, 1.165) is 12.8 Å². The number of aromatic nitrogens is 3. The van der Waals surface area contributed by atoms with E-state index in [0.29, 0.717) is 40.6 Å². The molecule has 1 aliphatic rings. The van der Waals surface area contributed by atoms with Crippen molar-refractivity contribution >= 4 is 28.6 Å². The maximum atomic E-state index is 14.8. The third-order valence-electron chi connectivity index (χ3n) is 6.16. The van der Waals surface area contributed by atoms with Gasteiger partial charge in [0.15, 0.2) is 0 Å². The second-order valence-electron chi connectivity index (χ2n) is 9.06. The van der Waals surface area contributed by atoms with Crippen molar-refractivity contribution < 1.29 is 27.1 Å². The molecule has 3 heterocycles. The zero-order valence-electron chi connectivity index (χ0n) is 20.5. The van der Waals surface area contributed by atoms with E-state index in [9.17, 15) is 22.4 Å². The van der Waals surface area contributed by atoms with Crippen LogP contribution in [0.3, 0.4) is 0 Å². The van der Waals surface area contributed by atoms with Crippen LogP contribution in [0, 0.1) is 5.82 Å². The SMILES string of the molecule is N[C@@H]1CCCN(c2c(F)cccc2NC(=O)c2csc(-c3cnn(Cc4ccccc4OC(F)(F)F)c3)n2)C1. The molecule has 3 N–H and O–H groups in total. The van der Waals surface area contributed by atoms with Crippen LogP contribution in [0.4, 0.5) is 28.9 Å². The fourth-order valence-electron chi connectivity index (χ4n) is 4.44. The molecule has 1 amide bonds. The Hall–Kier alpha value is -3.97. The number of benzene rings is 2. The van der Waals surface area contributed by atoms with Crippen molar-refractivity contribution in [2.45, 2.75) is 31.8 Å². The smallest absolute Gasteiger partial charge is 0.405 e. The second-order valence-corrected chi connectivity index (χ2v) is 9.92. The van der Waals surface area contributed by atoms with Crippen LogP contribution in [0.5, 0.6) is 5.75 Å². The summed E-state index contributed by atoms with van der Waals surface area (Å²) in [5, 5.41) is 9.05. The van der Waals surface area contributed by atoms with Gasteiger partial charge in [-0.1, -0.05) is 24.3 Å². The molecule has 4 aromatic rings. The molecule has 0 aliphatic carbocycles. The summed E-state index contributed by atoms with van der Waals surface area (Å²) in [5.74, 6) is -1.26. The topological polar surface area (TPSA) is 98.3 Å². The summed E-state index contributed by atoms with van der Waals surface area (Å²) in [7, 11) is 0. The van der Waals surface area contributed by atoms with Crippen LogP contribution in [-0.2, 0) is 6.54 Å². The van der Waals surface area contributed by atoms with Gasteiger partial charge in [0.05, 0.1) is 24.1 Å². The molecule has 0 bridgehead atoms. The summed E-state index contributed by atoms with van der Waals surface area (Å²) in [5.41, 5.74) is 7.72. The van der Waals surface area contributed by atoms with Crippen LogP contribution in [-0.4, -0.2) is 46.2 Å². The molecule has 5 rings (SSSR count). The number of carbonyl (C=O) groups excluding carboxylic acids is 1. The Morgan fingerprint density at radius 1 is 1.21 bits per heavy atom. The zero-order chi connectivity index (χ0) is 27.6. The zero-order valence-corrected chi connectivity index (χ0v) is 21.3. The molecule has 0 spiro atoms. The molecule has 13 heteroatoms. The summed E-state index contributed by atoms with van der Waals surface area (Å²) in [6.07, 6.45) is 0.00888. The summed E-state index contributed by atoms with van der Waals surface area (Å²) >= 11 is 1.21. The van der Waals surface area contributed by atoms with Gasteiger partial charge in [-0.25, -0.2) is 9.37 Å². The number of para-hydroxylation sites is 2. The third-order valence-corrected chi connectivity index (χ3v) is 7.05. The number of rotatable bonds is 7. The molecule has 1 aliphatic heterocycles. The van der Waals surface area contributed by atoms with Gasteiger partial charge in [-0.05, 0) is 31.0 Å². The first kappa shape index (κ1) is 26.6. The van der Waals surface area contributed by atoms with E-state index in [4.69, 9.17) is 5.73 Å². The minimum absolute atomic E-state index is 0.0352. The predicted molar refractivity (Wildman–Crippen MR) is 139 cm³/mol. The average molecular weight is 561 g/mol. The highest BCUT2D eigenvalue weighted by molar-refractivity contribution is 7.13. The van der Waals surface area contributed by atoms with Gasteiger partial charge in [-0.2, -0.15) is 5.10 Å². The molecular weight excluding hydrogens is 536 g/mol. The minimum Gasteiger partial charge on any atom is -0.405 e. The number of alkyl halides is 3. The molecule has 204 valence electrons. The highest BCUT2D eigenvalue weighted by atomic mass is 32.1. The molecule has 1 fully saturated rings. The van der Waals surface area contributed by atoms with E-state index < -0.39 is 18.1 Å². The summed E-state index contributed by atoms with van der Waals surface area (Å²) < 4.78 is 58.5. The number of thiazole rings is 1. The number of hydrogen-bond acceptors (Lipinski definition) is 7. The minimum atomic E-state index is -4.81. The van der Waals surface area contributed by atoms with Crippen molar-refractivity contribution in [1.29, 1.82) is 0 Å². The fraction of sp³-hybridized carbons (Fsp3) is 0.269. The van der Waals surface area contributed by atoms with E-state index in [1.807, 2.05) is 4.90 Å². The highest BCUT2D eigenvalue weighted by Gasteiger charge is 2.32. The average Bonchev–Trinajstić information content (AvgIpc) is 3.54. The summed E-state index contributed by atoms with van der Waals surface area (Å²) in [6.45, 7) is 1.16. The van der Waals surface area contributed by atoms with E-state index >= 15 is 0 Å². The molecule has 2 aromatic heterocycles. The van der Waals surface area contributed by atoms with Gasteiger partial charge in [-0.3, -0.25) is 9.48 Å². The largest absolute Gasteiger partial charge is 0.573 e. The Morgan fingerprint density at radius 3 is 2.82 bits per heavy atom. The van der Waals surface area contributed by atoms with Gasteiger partial charge in [0.2, 0.25) is 0 Å². The van der Waals surface area contributed by atoms with Gasteiger partial charge in [0.25, 0.3) is 5.91 Å². The number of nitrogens with two attached hydrogens (primary N) is 1. The molecule has 0 saturated carbocycles. The lowest BCUT2D eigenvalue weighted by Crippen LogP contribution is -2.43. The van der Waals surface area contributed by atoms with Gasteiger partial charge in [0, 0.05) is 41.8 Å². The number of anilines is 2. The number of hydrogen-bond donors (Lipinski definition) is 2. The standard InChI is InChI=1S/C26H24F4N6O2S/c27-19-7-3-8-20(23(19)35-10-4-6-18(31)14-35)33-24(37)21-15-39-25(34-21)17-11-32-36(13-17)12-16-5-1-2-9-22(16)38-26(28,29)30/h1-3,5,7-9,11,13,15,18H,4,6,10,12,14,31H2,(H,33,37)/t18-/m1/s1. The Balaban J connectivity index is 1.30. The maximum absolute atomic E-state index is 14.8.